The Kier molecular flexibility index (Phi) is 1.31. The lowest BCUT2D eigenvalue weighted by atomic mass is 10.3. The van der Waals surface area contributed by atoms with Crippen molar-refractivity contribution < 1.29 is 9.47 Å². The predicted molar refractivity (Wildman–Crippen MR) is 39.9 cm³/mol. The van der Waals surface area contributed by atoms with Gasteiger partial charge in [-0.3, -0.25) is 0 Å². The van der Waals surface area contributed by atoms with Crippen molar-refractivity contribution >= 4 is 15.9 Å². The number of hydrogen-bond donors (Lipinski definition) is 0. The summed E-state index contributed by atoms with van der Waals surface area (Å²) < 4.78 is 10.2. The molecule has 0 fully saturated rings. The van der Waals surface area contributed by atoms with Crippen LogP contribution < -0.4 is 9.47 Å². The van der Waals surface area contributed by atoms with E-state index in [4.69, 9.17) is 9.47 Å². The van der Waals surface area contributed by atoms with Crippen LogP contribution in [-0.2, 0) is 0 Å². The average Bonchev–Trinajstić information content (AvgIpc) is 2.27. The standard InChI is InChI=1S/C7H4BrO2/c8-7-9-5-3-1-2-4-6(5)10-7/h1-4H. The number of benzene rings is 1. The number of ether oxygens (including phenoxy) is 2. The van der Waals surface area contributed by atoms with Crippen molar-refractivity contribution in [1.82, 2.24) is 0 Å². The average molecular weight is 200 g/mol. The summed E-state index contributed by atoms with van der Waals surface area (Å²) in [5.41, 5.74) is 0. The smallest absolute Gasteiger partial charge is 0.401 e. The Morgan fingerprint density at radius 3 is 2.00 bits per heavy atom. The minimum absolute atomic E-state index is 0.411. The normalized spacial score (nSPS) is 15.7. The second-order valence-corrected chi connectivity index (χ2v) is 2.54. The maximum atomic E-state index is 5.12. The first-order valence-corrected chi connectivity index (χ1v) is 3.63. The van der Waals surface area contributed by atoms with Crippen LogP contribution >= 0.6 is 15.9 Å². The van der Waals surface area contributed by atoms with Crippen molar-refractivity contribution in [2.75, 3.05) is 0 Å². The van der Waals surface area contributed by atoms with Gasteiger partial charge in [0.2, 0.25) is 0 Å². The van der Waals surface area contributed by atoms with Crippen LogP contribution in [0.3, 0.4) is 0 Å². The molecule has 0 spiro atoms. The molecule has 0 N–H and O–H groups in total. The van der Waals surface area contributed by atoms with Crippen LogP contribution in [0.15, 0.2) is 24.3 Å². The monoisotopic (exact) mass is 199 g/mol. The van der Waals surface area contributed by atoms with Crippen LogP contribution in [0.25, 0.3) is 0 Å². The fourth-order valence-corrected chi connectivity index (χ4v) is 1.16. The maximum Gasteiger partial charge on any atom is 0.401 e. The van der Waals surface area contributed by atoms with Gasteiger partial charge < -0.3 is 9.47 Å². The summed E-state index contributed by atoms with van der Waals surface area (Å²) >= 11 is 3.09. The molecular weight excluding hydrogens is 196 g/mol. The number of para-hydroxylation sites is 2. The van der Waals surface area contributed by atoms with Gasteiger partial charge in [-0.25, -0.2) is 0 Å². The van der Waals surface area contributed by atoms with E-state index >= 15 is 0 Å². The molecule has 0 amide bonds. The maximum absolute atomic E-state index is 5.12. The molecule has 0 bridgehead atoms. The summed E-state index contributed by atoms with van der Waals surface area (Å²) in [5, 5.41) is 0.411. The van der Waals surface area contributed by atoms with Crippen molar-refractivity contribution in [3.05, 3.63) is 29.5 Å². The number of rotatable bonds is 0. The zero-order valence-electron chi connectivity index (χ0n) is 5.00. The molecule has 0 saturated heterocycles. The van der Waals surface area contributed by atoms with Gasteiger partial charge in [-0.1, -0.05) is 12.1 Å². The molecule has 1 aliphatic heterocycles. The van der Waals surface area contributed by atoms with Crippen molar-refractivity contribution in [3.63, 3.8) is 0 Å². The van der Waals surface area contributed by atoms with Crippen molar-refractivity contribution in [2.24, 2.45) is 0 Å². The van der Waals surface area contributed by atoms with Gasteiger partial charge in [0.25, 0.3) is 0 Å². The van der Waals surface area contributed by atoms with Gasteiger partial charge >= 0.3 is 5.20 Å². The topological polar surface area (TPSA) is 18.5 Å². The molecule has 1 aromatic rings. The minimum atomic E-state index is 0.411. The first-order chi connectivity index (χ1) is 4.86. The quantitative estimate of drug-likeness (QED) is 0.639. The summed E-state index contributed by atoms with van der Waals surface area (Å²) in [6.45, 7) is 0. The van der Waals surface area contributed by atoms with Crippen molar-refractivity contribution in [1.29, 1.82) is 0 Å². The highest BCUT2D eigenvalue weighted by atomic mass is 79.9. The Bertz CT molecular complexity index is 224. The SMILES string of the molecule is Br[C]1Oc2ccccc2O1. The van der Waals surface area contributed by atoms with E-state index in [0.717, 1.165) is 11.5 Å². The molecule has 0 saturated carbocycles. The van der Waals surface area contributed by atoms with Gasteiger partial charge in [0.1, 0.15) is 0 Å². The van der Waals surface area contributed by atoms with E-state index in [1.165, 1.54) is 0 Å². The molecule has 0 aliphatic carbocycles. The summed E-state index contributed by atoms with van der Waals surface area (Å²) in [7, 11) is 0. The molecule has 0 aromatic heterocycles. The van der Waals surface area contributed by atoms with Gasteiger partial charge in [-0.15, -0.1) is 0 Å². The molecule has 10 heavy (non-hydrogen) atoms. The minimum Gasteiger partial charge on any atom is -0.433 e. The van der Waals surface area contributed by atoms with Crippen molar-refractivity contribution in [2.45, 2.75) is 0 Å². The molecule has 3 heteroatoms. The van der Waals surface area contributed by atoms with Crippen LogP contribution in [0.5, 0.6) is 11.5 Å². The lowest BCUT2D eigenvalue weighted by molar-refractivity contribution is 0.250. The second kappa shape index (κ2) is 2.16. The molecule has 2 rings (SSSR count). The Balaban J connectivity index is 2.42. The third kappa shape index (κ3) is 0.865. The zero-order valence-corrected chi connectivity index (χ0v) is 6.59. The summed E-state index contributed by atoms with van der Waals surface area (Å²) in [5.74, 6) is 1.52. The zero-order chi connectivity index (χ0) is 6.97. The summed E-state index contributed by atoms with van der Waals surface area (Å²) in [6, 6.07) is 7.49. The molecule has 1 aliphatic rings. The lowest BCUT2D eigenvalue weighted by Crippen LogP contribution is -1.95. The van der Waals surface area contributed by atoms with Crippen molar-refractivity contribution in [3.8, 4) is 11.5 Å². The van der Waals surface area contributed by atoms with Gasteiger partial charge in [-0.05, 0) is 12.1 Å². The summed E-state index contributed by atoms with van der Waals surface area (Å²) in [6.07, 6.45) is 0. The third-order valence-corrected chi connectivity index (χ3v) is 1.55. The van der Waals surface area contributed by atoms with E-state index in [1.807, 2.05) is 24.3 Å². The number of halogens is 1. The largest absolute Gasteiger partial charge is 0.433 e. The highest BCUT2D eigenvalue weighted by Gasteiger charge is 2.22. The third-order valence-electron chi connectivity index (χ3n) is 1.23. The van der Waals surface area contributed by atoms with E-state index in [2.05, 4.69) is 15.9 Å². The van der Waals surface area contributed by atoms with Crippen LogP contribution in [0.4, 0.5) is 0 Å². The highest BCUT2D eigenvalue weighted by Crippen LogP contribution is 2.38. The first kappa shape index (κ1) is 6.04. The van der Waals surface area contributed by atoms with Gasteiger partial charge in [-0.2, -0.15) is 0 Å². The summed E-state index contributed by atoms with van der Waals surface area (Å²) in [4.78, 5) is 0. The predicted octanol–water partition coefficient (Wildman–Crippen LogP) is 2.30. The first-order valence-electron chi connectivity index (χ1n) is 2.83. The molecule has 1 heterocycles. The van der Waals surface area contributed by atoms with Crippen LogP contribution in [-0.4, -0.2) is 0 Å². The fraction of sp³-hybridized carbons (Fsp3) is 0. The second-order valence-electron chi connectivity index (χ2n) is 1.89. The molecule has 0 atom stereocenters. The van der Waals surface area contributed by atoms with Crippen LogP contribution in [0.2, 0.25) is 0 Å². The fourth-order valence-electron chi connectivity index (χ4n) is 0.813. The molecule has 51 valence electrons. The van der Waals surface area contributed by atoms with E-state index in [-0.39, 0.29) is 0 Å². The van der Waals surface area contributed by atoms with Crippen LogP contribution in [0.1, 0.15) is 0 Å². The molecule has 1 radical (unpaired) electrons. The van der Waals surface area contributed by atoms with E-state index in [1.54, 1.807) is 0 Å². The number of fused-ring (bicyclic) bond motifs is 1. The highest BCUT2D eigenvalue weighted by molar-refractivity contribution is 9.11. The van der Waals surface area contributed by atoms with E-state index < -0.39 is 0 Å². The van der Waals surface area contributed by atoms with Gasteiger partial charge in [0.05, 0.1) is 0 Å². The Morgan fingerprint density at radius 2 is 1.50 bits per heavy atom. The molecule has 0 unspecified atom stereocenters. The Hall–Kier alpha value is -0.700. The van der Waals surface area contributed by atoms with E-state index in [0.29, 0.717) is 5.20 Å². The molecular formula is C7H4BrO2. The van der Waals surface area contributed by atoms with Gasteiger partial charge in [0, 0.05) is 15.9 Å². The Labute approximate surface area is 66.9 Å². The Morgan fingerprint density at radius 1 is 1.00 bits per heavy atom. The van der Waals surface area contributed by atoms with Crippen LogP contribution in [0, 0.1) is 5.20 Å². The van der Waals surface area contributed by atoms with Gasteiger partial charge in [0.15, 0.2) is 11.5 Å². The molecule has 1 aromatic carbocycles. The lowest BCUT2D eigenvalue weighted by Gasteiger charge is -1.93. The molecule has 2 nitrogen and oxygen atoms in total. The number of hydrogen-bond acceptors (Lipinski definition) is 2. The van der Waals surface area contributed by atoms with E-state index in [9.17, 15) is 0 Å².